The van der Waals surface area contributed by atoms with Gasteiger partial charge in [0.15, 0.2) is 5.78 Å². The highest BCUT2D eigenvalue weighted by Crippen LogP contribution is 2.38. The van der Waals surface area contributed by atoms with E-state index < -0.39 is 18.0 Å². The van der Waals surface area contributed by atoms with Crippen LogP contribution in [0.4, 0.5) is 4.39 Å². The number of benzene rings is 1. The number of carbonyl (C=O) groups is 3. The lowest BCUT2D eigenvalue weighted by Gasteiger charge is -2.18. The monoisotopic (exact) mass is 452 g/mol. The number of carbonyl (C=O) groups excluding carboxylic acids is 3. The third-order valence-electron chi connectivity index (χ3n) is 6.67. The van der Waals surface area contributed by atoms with Gasteiger partial charge in [-0.2, -0.15) is 0 Å². The lowest BCUT2D eigenvalue weighted by Crippen LogP contribution is -2.19. The van der Waals surface area contributed by atoms with Crippen molar-refractivity contribution in [1.29, 1.82) is 0 Å². The summed E-state index contributed by atoms with van der Waals surface area (Å²) in [6.07, 6.45) is 4.61. The lowest BCUT2D eigenvalue weighted by atomic mass is 9.84. The number of rotatable bonds is 6. The van der Waals surface area contributed by atoms with Crippen LogP contribution >= 0.6 is 0 Å². The number of allylic oxidation sites excluding steroid dienone is 5. The molecule has 2 aliphatic carbocycles. The normalized spacial score (nSPS) is 25.3. The standard InChI is InChI=1S/C25H30O3.C4H7F/c1-8-14(2)9-15(3)19(7)20-10-16(4)23(17(5)11-20)24-22(27)13-21(25(24)28)12-18(6)26;1-3-2-4(3)5/h8-11,21,24H,1,12-13H2,2-7H3;3-4H,2H2,1H3/b14-9-,19-15+;. The molecule has 3 nitrogen and oxygen atoms in total. The third-order valence-corrected chi connectivity index (χ3v) is 6.67. The highest BCUT2D eigenvalue weighted by Gasteiger charge is 2.43. The zero-order valence-electron chi connectivity index (χ0n) is 21.0. The van der Waals surface area contributed by atoms with E-state index in [-0.39, 0.29) is 30.2 Å². The van der Waals surface area contributed by atoms with E-state index in [1.807, 2.05) is 33.8 Å². The minimum absolute atomic E-state index is 0.0466. The van der Waals surface area contributed by atoms with Crippen molar-refractivity contribution in [3.8, 4) is 0 Å². The third kappa shape index (κ3) is 6.69. The van der Waals surface area contributed by atoms with Crippen molar-refractivity contribution in [2.45, 2.75) is 79.8 Å². The molecule has 0 bridgehead atoms. The van der Waals surface area contributed by atoms with Crippen LogP contribution in [0.5, 0.6) is 0 Å². The van der Waals surface area contributed by atoms with Crippen molar-refractivity contribution in [2.24, 2.45) is 11.8 Å². The SMILES string of the molecule is C=C/C(C)=C\C(C)=C(/C)c1cc(C)c(C2C(=O)CC(CC(C)=O)C2=O)c(C)c1.CC1CC1F. The Labute approximate surface area is 197 Å². The summed E-state index contributed by atoms with van der Waals surface area (Å²) in [7, 11) is 0. The summed E-state index contributed by atoms with van der Waals surface area (Å²) >= 11 is 0. The summed E-state index contributed by atoms with van der Waals surface area (Å²) in [5.74, 6) is -1.03. The fourth-order valence-electron chi connectivity index (χ4n) is 4.34. The first-order chi connectivity index (χ1) is 15.4. The van der Waals surface area contributed by atoms with Gasteiger partial charge in [0, 0.05) is 18.8 Å². The van der Waals surface area contributed by atoms with Gasteiger partial charge in [0.05, 0.1) is 0 Å². The van der Waals surface area contributed by atoms with Gasteiger partial charge in [-0.25, -0.2) is 4.39 Å². The van der Waals surface area contributed by atoms with Crippen molar-refractivity contribution in [2.75, 3.05) is 0 Å². The molecule has 2 saturated carbocycles. The van der Waals surface area contributed by atoms with Gasteiger partial charge in [-0.3, -0.25) is 9.59 Å². The second-order valence-corrected chi connectivity index (χ2v) is 9.76. The summed E-state index contributed by atoms with van der Waals surface area (Å²) in [6.45, 7) is 17.2. The molecule has 0 saturated heterocycles. The summed E-state index contributed by atoms with van der Waals surface area (Å²) in [6, 6.07) is 4.11. The maximum atomic E-state index is 12.8. The molecule has 0 heterocycles. The number of aryl methyl sites for hydroxylation is 2. The zero-order valence-corrected chi connectivity index (χ0v) is 21.0. The molecular weight excluding hydrogens is 415 g/mol. The van der Waals surface area contributed by atoms with E-state index in [0.717, 1.165) is 45.4 Å². The van der Waals surface area contributed by atoms with Crippen LogP contribution in [0, 0.1) is 25.7 Å². The topological polar surface area (TPSA) is 51.2 Å². The molecule has 178 valence electrons. The predicted molar refractivity (Wildman–Crippen MR) is 133 cm³/mol. The van der Waals surface area contributed by atoms with Gasteiger partial charge in [0.25, 0.3) is 0 Å². The van der Waals surface area contributed by atoms with Gasteiger partial charge in [0.2, 0.25) is 0 Å². The number of alkyl halides is 1. The zero-order chi connectivity index (χ0) is 25.0. The maximum Gasteiger partial charge on any atom is 0.151 e. The summed E-state index contributed by atoms with van der Waals surface area (Å²) in [5, 5.41) is 0. The average molecular weight is 453 g/mol. The highest BCUT2D eigenvalue weighted by atomic mass is 19.1. The van der Waals surface area contributed by atoms with Crippen LogP contribution in [0.1, 0.15) is 82.1 Å². The van der Waals surface area contributed by atoms with Gasteiger partial charge < -0.3 is 4.79 Å². The largest absolute Gasteiger partial charge is 0.300 e. The summed E-state index contributed by atoms with van der Waals surface area (Å²) in [5.41, 5.74) is 7.19. The van der Waals surface area contributed by atoms with Gasteiger partial charge in [0.1, 0.15) is 23.7 Å². The average Bonchev–Trinajstić information content (AvgIpc) is 3.31. The van der Waals surface area contributed by atoms with Crippen LogP contribution in [0.25, 0.3) is 5.57 Å². The number of ketones is 3. The second-order valence-electron chi connectivity index (χ2n) is 9.76. The molecule has 0 spiro atoms. The Hall–Kier alpha value is -2.62. The number of hydrogen-bond acceptors (Lipinski definition) is 3. The summed E-state index contributed by atoms with van der Waals surface area (Å²) < 4.78 is 11.5. The Balaban J connectivity index is 0.000000678. The van der Waals surface area contributed by atoms with Crippen LogP contribution in [0.2, 0.25) is 0 Å². The van der Waals surface area contributed by atoms with Crippen LogP contribution < -0.4 is 0 Å². The van der Waals surface area contributed by atoms with Crippen molar-refractivity contribution >= 4 is 22.9 Å². The number of halogens is 1. The predicted octanol–water partition coefficient (Wildman–Crippen LogP) is 6.81. The molecule has 33 heavy (non-hydrogen) atoms. The molecule has 4 unspecified atom stereocenters. The molecule has 0 aliphatic heterocycles. The van der Waals surface area contributed by atoms with E-state index in [2.05, 4.69) is 38.6 Å². The molecule has 1 aromatic carbocycles. The molecular formula is C29H37FO3. The maximum absolute atomic E-state index is 12.8. The molecule has 2 fully saturated rings. The molecule has 4 heteroatoms. The Morgan fingerprint density at radius 3 is 2.06 bits per heavy atom. The minimum Gasteiger partial charge on any atom is -0.300 e. The molecule has 0 amide bonds. The number of hydrogen-bond donors (Lipinski definition) is 0. The van der Waals surface area contributed by atoms with Gasteiger partial charge in [-0.1, -0.05) is 43.4 Å². The van der Waals surface area contributed by atoms with Crippen LogP contribution in [0.15, 0.2) is 42.0 Å². The first kappa shape index (κ1) is 26.6. The van der Waals surface area contributed by atoms with E-state index in [9.17, 15) is 18.8 Å². The van der Waals surface area contributed by atoms with Gasteiger partial charge in [-0.15, -0.1) is 0 Å². The summed E-state index contributed by atoms with van der Waals surface area (Å²) in [4.78, 5) is 36.9. The fraction of sp³-hybridized carbons (Fsp3) is 0.483. The molecule has 2 aliphatic rings. The molecule has 1 aromatic rings. The molecule has 0 N–H and O–H groups in total. The van der Waals surface area contributed by atoms with Gasteiger partial charge in [-0.05, 0) is 87.3 Å². The van der Waals surface area contributed by atoms with Crippen LogP contribution in [-0.4, -0.2) is 23.5 Å². The van der Waals surface area contributed by atoms with Crippen molar-refractivity contribution < 1.29 is 18.8 Å². The van der Waals surface area contributed by atoms with Crippen LogP contribution in [-0.2, 0) is 14.4 Å². The van der Waals surface area contributed by atoms with E-state index in [1.54, 1.807) is 0 Å². The van der Waals surface area contributed by atoms with Crippen LogP contribution in [0.3, 0.4) is 0 Å². The Bertz CT molecular complexity index is 998. The lowest BCUT2D eigenvalue weighted by molar-refractivity contribution is -0.127. The quantitative estimate of drug-likeness (QED) is 0.352. The van der Waals surface area contributed by atoms with E-state index in [0.29, 0.717) is 5.92 Å². The smallest absolute Gasteiger partial charge is 0.151 e. The Kier molecular flexibility index (Phi) is 8.88. The Morgan fingerprint density at radius 2 is 1.64 bits per heavy atom. The molecule has 0 radical (unpaired) electrons. The number of Topliss-reactive ketones (excluding diaryl/α,β-unsaturated/α-hetero) is 3. The van der Waals surface area contributed by atoms with Gasteiger partial charge >= 0.3 is 0 Å². The van der Waals surface area contributed by atoms with E-state index >= 15 is 0 Å². The molecule has 3 rings (SSSR count). The highest BCUT2D eigenvalue weighted by molar-refractivity contribution is 6.15. The van der Waals surface area contributed by atoms with Crippen molar-refractivity contribution in [3.05, 3.63) is 64.3 Å². The first-order valence-electron chi connectivity index (χ1n) is 11.7. The first-order valence-corrected chi connectivity index (χ1v) is 11.7. The van der Waals surface area contributed by atoms with E-state index in [1.165, 1.54) is 6.92 Å². The molecule has 4 atom stereocenters. The molecule has 0 aromatic heterocycles. The van der Waals surface area contributed by atoms with Crippen molar-refractivity contribution in [1.82, 2.24) is 0 Å². The Morgan fingerprint density at radius 1 is 1.12 bits per heavy atom. The van der Waals surface area contributed by atoms with Crippen molar-refractivity contribution in [3.63, 3.8) is 0 Å². The van der Waals surface area contributed by atoms with E-state index in [4.69, 9.17) is 0 Å². The fourth-order valence-corrected chi connectivity index (χ4v) is 4.34. The minimum atomic E-state index is -0.730. The second kappa shape index (κ2) is 11.0.